The predicted octanol–water partition coefficient (Wildman–Crippen LogP) is 2.68. The second-order valence-electron chi connectivity index (χ2n) is 6.43. The zero-order valence-electron chi connectivity index (χ0n) is 16.2. The average molecular weight is 389 g/mol. The number of nitrogens with one attached hydrogen (secondary N) is 2. The summed E-state index contributed by atoms with van der Waals surface area (Å²) < 4.78 is 7.57. The van der Waals surface area contributed by atoms with Crippen LogP contribution in [0.2, 0.25) is 0 Å². The molecule has 0 saturated heterocycles. The second kappa shape index (κ2) is 9.01. The van der Waals surface area contributed by atoms with E-state index in [4.69, 9.17) is 4.42 Å². The number of aliphatic imine (C=N–C) groups is 1. The average Bonchev–Trinajstić information content (AvgIpc) is 3.40. The van der Waals surface area contributed by atoms with Gasteiger partial charge in [0.15, 0.2) is 11.6 Å². The van der Waals surface area contributed by atoms with Gasteiger partial charge in [0.05, 0.1) is 6.54 Å². The van der Waals surface area contributed by atoms with Gasteiger partial charge in [-0.3, -0.25) is 4.40 Å². The Morgan fingerprint density at radius 3 is 2.79 bits per heavy atom. The maximum atomic E-state index is 5.57. The molecule has 0 aliphatic heterocycles. The summed E-state index contributed by atoms with van der Waals surface area (Å²) in [4.78, 5) is 9.12. The molecule has 148 valence electrons. The molecule has 0 bridgehead atoms. The van der Waals surface area contributed by atoms with Crippen molar-refractivity contribution < 1.29 is 4.42 Å². The van der Waals surface area contributed by atoms with Crippen molar-refractivity contribution >= 4 is 11.6 Å². The van der Waals surface area contributed by atoms with Gasteiger partial charge in [-0.1, -0.05) is 24.3 Å². The molecule has 8 heteroatoms. The van der Waals surface area contributed by atoms with Crippen LogP contribution in [0.5, 0.6) is 0 Å². The number of nitrogens with zero attached hydrogens (tertiary/aromatic N) is 5. The zero-order chi connectivity index (χ0) is 19.9. The molecule has 0 aliphatic carbocycles. The maximum Gasteiger partial charge on any atom is 0.226 e. The van der Waals surface area contributed by atoms with E-state index in [1.54, 1.807) is 6.26 Å². The van der Waals surface area contributed by atoms with Gasteiger partial charge in [0.2, 0.25) is 5.89 Å². The van der Waals surface area contributed by atoms with Gasteiger partial charge in [0.25, 0.3) is 0 Å². The zero-order valence-corrected chi connectivity index (χ0v) is 16.2. The fourth-order valence-electron chi connectivity index (χ4n) is 2.95. The number of pyridine rings is 1. The van der Waals surface area contributed by atoms with Gasteiger partial charge < -0.3 is 15.1 Å². The van der Waals surface area contributed by atoms with Crippen molar-refractivity contribution in [2.75, 3.05) is 13.1 Å². The summed E-state index contributed by atoms with van der Waals surface area (Å²) in [7, 11) is 0. The van der Waals surface area contributed by atoms with Crippen molar-refractivity contribution in [3.63, 3.8) is 0 Å². The third-order valence-electron chi connectivity index (χ3n) is 4.34. The smallest absolute Gasteiger partial charge is 0.226 e. The Bertz CT molecular complexity index is 1080. The molecule has 3 heterocycles. The molecule has 4 aromatic rings. The fourth-order valence-corrected chi connectivity index (χ4v) is 2.95. The van der Waals surface area contributed by atoms with Crippen LogP contribution in [0.25, 0.3) is 17.1 Å². The molecule has 4 rings (SSSR count). The van der Waals surface area contributed by atoms with Crippen molar-refractivity contribution in [1.82, 2.24) is 30.2 Å². The van der Waals surface area contributed by atoms with E-state index in [9.17, 15) is 0 Å². The number of oxazole rings is 1. The van der Waals surface area contributed by atoms with Crippen molar-refractivity contribution in [2.45, 2.75) is 19.9 Å². The number of benzene rings is 1. The number of hydrogen-bond donors (Lipinski definition) is 2. The highest BCUT2D eigenvalue weighted by Crippen LogP contribution is 2.18. The van der Waals surface area contributed by atoms with Crippen molar-refractivity contribution in [2.24, 2.45) is 4.99 Å². The maximum absolute atomic E-state index is 5.57. The van der Waals surface area contributed by atoms with Gasteiger partial charge in [-0.05, 0) is 31.2 Å². The number of fused-ring (bicyclic) bond motifs is 1. The Morgan fingerprint density at radius 1 is 1.07 bits per heavy atom. The van der Waals surface area contributed by atoms with Crippen LogP contribution < -0.4 is 10.6 Å². The Morgan fingerprint density at radius 2 is 1.93 bits per heavy atom. The van der Waals surface area contributed by atoms with Crippen LogP contribution in [0.3, 0.4) is 0 Å². The highest BCUT2D eigenvalue weighted by atomic mass is 16.3. The first-order chi connectivity index (χ1) is 14.3. The van der Waals surface area contributed by atoms with Gasteiger partial charge in [-0.2, -0.15) is 0 Å². The van der Waals surface area contributed by atoms with E-state index in [0.29, 0.717) is 19.0 Å². The van der Waals surface area contributed by atoms with Crippen LogP contribution in [0.4, 0.5) is 0 Å². The summed E-state index contributed by atoms with van der Waals surface area (Å²) in [6.45, 7) is 3.93. The van der Waals surface area contributed by atoms with Crippen molar-refractivity contribution in [3.05, 3.63) is 72.5 Å². The lowest BCUT2D eigenvalue weighted by atomic mass is 10.2. The van der Waals surface area contributed by atoms with E-state index in [-0.39, 0.29) is 0 Å². The molecule has 2 N–H and O–H groups in total. The van der Waals surface area contributed by atoms with Crippen LogP contribution in [-0.4, -0.2) is 38.6 Å². The lowest BCUT2D eigenvalue weighted by Gasteiger charge is -2.10. The molecule has 0 spiro atoms. The summed E-state index contributed by atoms with van der Waals surface area (Å²) in [6.07, 6.45) is 4.36. The highest BCUT2D eigenvalue weighted by molar-refractivity contribution is 5.79. The van der Waals surface area contributed by atoms with Crippen molar-refractivity contribution in [1.29, 1.82) is 0 Å². The number of rotatable bonds is 7. The normalized spacial score (nSPS) is 11.7. The van der Waals surface area contributed by atoms with E-state index < -0.39 is 0 Å². The summed E-state index contributed by atoms with van der Waals surface area (Å²) >= 11 is 0. The van der Waals surface area contributed by atoms with Crippen LogP contribution in [0.15, 0.2) is 70.4 Å². The Balaban J connectivity index is 1.36. The Kier molecular flexibility index (Phi) is 5.80. The quantitative estimate of drug-likeness (QED) is 0.373. The first-order valence-corrected chi connectivity index (χ1v) is 9.64. The molecule has 0 aliphatic rings. The topological polar surface area (TPSA) is 92.6 Å². The number of guanidine groups is 1. The molecule has 1 aromatic carbocycles. The Labute approximate surface area is 168 Å². The molecule has 8 nitrogen and oxygen atoms in total. The molecular formula is C21H23N7O. The van der Waals surface area contributed by atoms with E-state index in [0.717, 1.165) is 41.7 Å². The summed E-state index contributed by atoms with van der Waals surface area (Å²) in [5, 5.41) is 15.0. The first-order valence-electron chi connectivity index (χ1n) is 9.64. The summed E-state index contributed by atoms with van der Waals surface area (Å²) in [5.41, 5.74) is 2.58. The van der Waals surface area contributed by atoms with E-state index in [1.165, 1.54) is 0 Å². The monoisotopic (exact) mass is 389 g/mol. The molecular weight excluding hydrogens is 366 g/mol. The predicted molar refractivity (Wildman–Crippen MR) is 111 cm³/mol. The lowest BCUT2D eigenvalue weighted by Crippen LogP contribution is -2.38. The lowest BCUT2D eigenvalue weighted by molar-refractivity contribution is 0.572. The molecule has 0 radical (unpaired) electrons. The van der Waals surface area contributed by atoms with Crippen LogP contribution in [0.1, 0.15) is 18.4 Å². The largest absolute Gasteiger partial charge is 0.444 e. The molecule has 0 fully saturated rings. The standard InChI is InChI=1S/C21H23N7O/c1-2-22-21(23-12-11-19-27-26-18-10-6-7-13-28(18)19)24-14-17-15-29-20(25-17)16-8-4-3-5-9-16/h3-10,13,15H,2,11-12,14H2,1H3,(H2,22,23,24). The molecule has 0 unspecified atom stereocenters. The van der Waals surface area contributed by atoms with Crippen molar-refractivity contribution in [3.8, 4) is 11.5 Å². The minimum absolute atomic E-state index is 0.430. The van der Waals surface area contributed by atoms with Gasteiger partial charge in [-0.25, -0.2) is 9.98 Å². The van der Waals surface area contributed by atoms with Crippen LogP contribution in [-0.2, 0) is 13.0 Å². The SMILES string of the molecule is CCNC(=NCc1coc(-c2ccccc2)n1)NCCc1nnc2ccccn12. The van der Waals surface area contributed by atoms with E-state index >= 15 is 0 Å². The Hall–Kier alpha value is -3.68. The molecule has 0 amide bonds. The van der Waals surface area contributed by atoms with Gasteiger partial charge in [0, 0.05) is 31.3 Å². The van der Waals surface area contributed by atoms with Crippen LogP contribution in [0, 0.1) is 0 Å². The second-order valence-corrected chi connectivity index (χ2v) is 6.43. The molecule has 29 heavy (non-hydrogen) atoms. The van der Waals surface area contributed by atoms with Gasteiger partial charge >= 0.3 is 0 Å². The first kappa shape index (κ1) is 18.7. The number of hydrogen-bond acceptors (Lipinski definition) is 5. The minimum Gasteiger partial charge on any atom is -0.444 e. The third kappa shape index (κ3) is 4.60. The fraction of sp³-hybridized carbons (Fsp3) is 0.238. The molecule has 0 atom stereocenters. The number of aromatic nitrogens is 4. The highest BCUT2D eigenvalue weighted by Gasteiger charge is 2.07. The molecule has 3 aromatic heterocycles. The van der Waals surface area contributed by atoms with E-state index in [1.807, 2.05) is 66.1 Å². The summed E-state index contributed by atoms with van der Waals surface area (Å²) in [6, 6.07) is 15.7. The van der Waals surface area contributed by atoms with Gasteiger partial charge in [-0.15, -0.1) is 10.2 Å². The minimum atomic E-state index is 0.430. The molecule has 0 saturated carbocycles. The van der Waals surface area contributed by atoms with E-state index in [2.05, 4.69) is 30.8 Å². The third-order valence-corrected chi connectivity index (χ3v) is 4.34. The van der Waals surface area contributed by atoms with Crippen LogP contribution >= 0.6 is 0 Å². The summed E-state index contributed by atoms with van der Waals surface area (Å²) in [5.74, 6) is 2.24. The van der Waals surface area contributed by atoms with Gasteiger partial charge in [0.1, 0.15) is 17.8 Å².